The Bertz CT molecular complexity index is 242. The average molecular weight is 282 g/mol. The Labute approximate surface area is 125 Å². The van der Waals surface area contributed by atoms with Crippen molar-refractivity contribution in [3.8, 4) is 0 Å². The predicted octanol–water partition coefficient (Wildman–Crippen LogP) is 5.50. The lowest BCUT2D eigenvalue weighted by Gasteiger charge is -2.26. The molecule has 2 nitrogen and oxygen atoms in total. The van der Waals surface area contributed by atoms with Crippen LogP contribution in [0.2, 0.25) is 0 Å². The highest BCUT2D eigenvalue weighted by Crippen LogP contribution is 2.32. The maximum absolute atomic E-state index is 11.5. The second-order valence-corrected chi connectivity index (χ2v) is 6.50. The predicted molar refractivity (Wildman–Crippen MR) is 84.7 cm³/mol. The van der Waals surface area contributed by atoms with Gasteiger partial charge in [-0.05, 0) is 31.6 Å². The number of hydrogen-bond acceptors (Lipinski definition) is 2. The zero-order chi connectivity index (χ0) is 14.6. The van der Waals surface area contributed by atoms with Gasteiger partial charge in [0.05, 0.1) is 13.0 Å². The van der Waals surface area contributed by atoms with Crippen LogP contribution in [-0.4, -0.2) is 13.1 Å². The molecule has 0 aromatic rings. The van der Waals surface area contributed by atoms with Crippen molar-refractivity contribution in [3.63, 3.8) is 0 Å². The lowest BCUT2D eigenvalue weighted by atomic mass is 9.80. The fraction of sp³-hybridized carbons (Fsp3) is 0.944. The molecule has 0 amide bonds. The van der Waals surface area contributed by atoms with Crippen LogP contribution < -0.4 is 0 Å². The zero-order valence-corrected chi connectivity index (χ0v) is 13.7. The maximum Gasteiger partial charge on any atom is 0.308 e. The first kappa shape index (κ1) is 17.5. The third-order valence-corrected chi connectivity index (χ3v) is 4.85. The van der Waals surface area contributed by atoms with Gasteiger partial charge in [0, 0.05) is 0 Å². The summed E-state index contributed by atoms with van der Waals surface area (Å²) in [6.07, 6.45) is 17.2. The lowest BCUT2D eigenvalue weighted by Crippen LogP contribution is -2.22. The van der Waals surface area contributed by atoms with Crippen molar-refractivity contribution < 1.29 is 9.53 Å². The van der Waals surface area contributed by atoms with Crippen molar-refractivity contribution in [2.45, 2.75) is 90.4 Å². The van der Waals surface area contributed by atoms with Crippen molar-refractivity contribution >= 4 is 5.97 Å². The summed E-state index contributed by atoms with van der Waals surface area (Å²) in [6, 6.07) is 0. The molecule has 0 bridgehead atoms. The molecule has 0 aromatic carbocycles. The van der Waals surface area contributed by atoms with E-state index in [1.165, 1.54) is 77.7 Å². The summed E-state index contributed by atoms with van der Waals surface area (Å²) in [7, 11) is 1.51. The average Bonchev–Trinajstić information content (AvgIpc) is 2.50. The van der Waals surface area contributed by atoms with Crippen molar-refractivity contribution in [2.24, 2.45) is 11.8 Å². The molecule has 0 aromatic heterocycles. The maximum atomic E-state index is 11.5. The van der Waals surface area contributed by atoms with E-state index in [0.29, 0.717) is 0 Å². The lowest BCUT2D eigenvalue weighted by molar-refractivity contribution is -0.146. The fourth-order valence-corrected chi connectivity index (χ4v) is 3.42. The summed E-state index contributed by atoms with van der Waals surface area (Å²) in [6.45, 7) is 2.27. The van der Waals surface area contributed by atoms with E-state index in [1.54, 1.807) is 0 Å². The molecule has 20 heavy (non-hydrogen) atoms. The normalized spacial score (nSPS) is 22.7. The van der Waals surface area contributed by atoms with E-state index < -0.39 is 0 Å². The smallest absolute Gasteiger partial charge is 0.308 e. The number of rotatable bonds is 10. The van der Waals surface area contributed by atoms with Gasteiger partial charge in [0.1, 0.15) is 0 Å². The van der Waals surface area contributed by atoms with Crippen LogP contribution in [0.15, 0.2) is 0 Å². The quantitative estimate of drug-likeness (QED) is 0.391. The van der Waals surface area contributed by atoms with Gasteiger partial charge in [-0.25, -0.2) is 0 Å². The number of ether oxygens (including phenoxy) is 1. The third-order valence-electron chi connectivity index (χ3n) is 4.85. The largest absolute Gasteiger partial charge is 0.469 e. The van der Waals surface area contributed by atoms with Crippen LogP contribution in [0.4, 0.5) is 0 Å². The highest BCUT2D eigenvalue weighted by molar-refractivity contribution is 5.72. The van der Waals surface area contributed by atoms with Gasteiger partial charge in [-0.2, -0.15) is 0 Å². The minimum Gasteiger partial charge on any atom is -0.469 e. The van der Waals surface area contributed by atoms with Crippen molar-refractivity contribution in [2.75, 3.05) is 7.11 Å². The monoisotopic (exact) mass is 282 g/mol. The van der Waals surface area contributed by atoms with Gasteiger partial charge in [-0.1, -0.05) is 64.7 Å². The topological polar surface area (TPSA) is 26.3 Å². The first-order valence-electron chi connectivity index (χ1n) is 8.85. The van der Waals surface area contributed by atoms with E-state index in [1.807, 2.05) is 0 Å². The molecule has 1 fully saturated rings. The first-order valence-corrected chi connectivity index (χ1v) is 8.85. The van der Waals surface area contributed by atoms with E-state index in [9.17, 15) is 4.79 Å². The van der Waals surface area contributed by atoms with E-state index >= 15 is 0 Å². The summed E-state index contributed by atoms with van der Waals surface area (Å²) in [4.78, 5) is 11.5. The molecule has 0 heterocycles. The van der Waals surface area contributed by atoms with Gasteiger partial charge >= 0.3 is 5.97 Å². The molecule has 0 N–H and O–H groups in total. The molecule has 0 spiro atoms. The highest BCUT2D eigenvalue weighted by Gasteiger charge is 2.26. The zero-order valence-electron chi connectivity index (χ0n) is 13.7. The summed E-state index contributed by atoms with van der Waals surface area (Å²) in [5.41, 5.74) is 0. The standard InChI is InChI=1S/C18H34O2/c1-3-4-5-6-7-8-9-10-11-16-12-14-17(15-13-16)18(19)20-2/h16-17H,3-15H2,1-2H3. The minimum absolute atomic E-state index is 0.00975. The molecular formula is C18H34O2. The Morgan fingerprint density at radius 1 is 0.900 bits per heavy atom. The Balaban J connectivity index is 1.93. The van der Waals surface area contributed by atoms with Gasteiger partial charge < -0.3 is 4.74 Å². The number of esters is 1. The van der Waals surface area contributed by atoms with Crippen LogP contribution in [-0.2, 0) is 9.53 Å². The Hall–Kier alpha value is -0.530. The highest BCUT2D eigenvalue weighted by atomic mass is 16.5. The molecule has 1 saturated carbocycles. The second-order valence-electron chi connectivity index (χ2n) is 6.50. The molecule has 0 unspecified atom stereocenters. The summed E-state index contributed by atoms with van der Waals surface area (Å²) in [5.74, 6) is 1.07. The molecule has 1 aliphatic rings. The van der Waals surface area contributed by atoms with Crippen LogP contribution in [0.1, 0.15) is 90.4 Å². The minimum atomic E-state index is 0.00975. The van der Waals surface area contributed by atoms with Crippen molar-refractivity contribution in [3.05, 3.63) is 0 Å². The number of methoxy groups -OCH3 is 1. The summed E-state index contributed by atoms with van der Waals surface area (Å²) in [5, 5.41) is 0. The fourth-order valence-electron chi connectivity index (χ4n) is 3.42. The van der Waals surface area contributed by atoms with Crippen molar-refractivity contribution in [1.82, 2.24) is 0 Å². The first-order chi connectivity index (χ1) is 9.77. The van der Waals surface area contributed by atoms with E-state index in [2.05, 4.69) is 6.92 Å². The third kappa shape index (κ3) is 7.31. The van der Waals surface area contributed by atoms with Crippen LogP contribution in [0.25, 0.3) is 0 Å². The van der Waals surface area contributed by atoms with Crippen LogP contribution >= 0.6 is 0 Å². The number of hydrogen-bond donors (Lipinski definition) is 0. The van der Waals surface area contributed by atoms with Crippen LogP contribution in [0, 0.1) is 11.8 Å². The van der Waals surface area contributed by atoms with Gasteiger partial charge in [0.2, 0.25) is 0 Å². The molecule has 0 atom stereocenters. The molecular weight excluding hydrogens is 248 g/mol. The SMILES string of the molecule is CCCCCCCCCCC1CCC(C(=O)OC)CC1. The van der Waals surface area contributed by atoms with Crippen LogP contribution in [0.5, 0.6) is 0 Å². The number of carbonyl (C=O) groups excluding carboxylic acids is 1. The summed E-state index contributed by atoms with van der Waals surface area (Å²) < 4.78 is 4.84. The molecule has 0 radical (unpaired) electrons. The molecule has 0 aliphatic heterocycles. The molecule has 1 aliphatic carbocycles. The van der Waals surface area contributed by atoms with Gasteiger partial charge in [-0.3, -0.25) is 4.79 Å². The Kier molecular flexibility index (Phi) is 9.78. The number of unbranched alkanes of at least 4 members (excludes halogenated alkanes) is 7. The van der Waals surface area contributed by atoms with Gasteiger partial charge in [0.15, 0.2) is 0 Å². The Morgan fingerprint density at radius 3 is 2.00 bits per heavy atom. The van der Waals surface area contributed by atoms with E-state index in [0.717, 1.165) is 18.8 Å². The molecule has 0 saturated heterocycles. The van der Waals surface area contributed by atoms with Crippen LogP contribution in [0.3, 0.4) is 0 Å². The van der Waals surface area contributed by atoms with Crippen molar-refractivity contribution in [1.29, 1.82) is 0 Å². The van der Waals surface area contributed by atoms with Gasteiger partial charge in [-0.15, -0.1) is 0 Å². The van der Waals surface area contributed by atoms with Gasteiger partial charge in [0.25, 0.3) is 0 Å². The number of carbonyl (C=O) groups is 1. The van der Waals surface area contributed by atoms with E-state index in [4.69, 9.17) is 4.74 Å². The Morgan fingerprint density at radius 2 is 1.45 bits per heavy atom. The molecule has 1 rings (SSSR count). The van der Waals surface area contributed by atoms with E-state index in [-0.39, 0.29) is 11.9 Å². The summed E-state index contributed by atoms with van der Waals surface area (Å²) >= 11 is 0. The molecule has 118 valence electrons. The second kappa shape index (κ2) is 11.2. The molecule has 2 heteroatoms.